The highest BCUT2D eigenvalue weighted by molar-refractivity contribution is 7.17. The standard InChI is InChI=1S/C41H43F3N8O5S/c1-25-34(58-36(48-25)27-12-13-32(46-21-27)49(2)3)39(55)51-17-14-30(31(22-51)26-8-5-4-6-9-26)37(53)50-18-15-40(56,16-19-50)23-52-24-47-35(33(45)38(52)54)57-29-11-7-10-28(20-29)41(42,43)44/h4-13,20-21,24,30-31,56H,14-19,22-23,45H2,1-3H3/t30-,31+/m1/s1. The van der Waals surface area contributed by atoms with Crippen LogP contribution in [0.3, 0.4) is 0 Å². The maximum atomic E-state index is 14.3. The summed E-state index contributed by atoms with van der Waals surface area (Å²) < 4.78 is 46.1. The summed E-state index contributed by atoms with van der Waals surface area (Å²) in [7, 11) is 3.83. The Morgan fingerprint density at radius 3 is 2.43 bits per heavy atom. The average molecular weight is 817 g/mol. The largest absolute Gasteiger partial charge is 0.437 e. The molecule has 2 amide bonds. The molecule has 0 aliphatic carbocycles. The smallest absolute Gasteiger partial charge is 0.416 e. The highest BCUT2D eigenvalue weighted by Crippen LogP contribution is 2.38. The number of halogens is 3. The van der Waals surface area contributed by atoms with Gasteiger partial charge in [0, 0.05) is 63.9 Å². The number of nitrogen functional groups attached to an aromatic ring is 1. The van der Waals surface area contributed by atoms with Crippen LogP contribution in [-0.2, 0) is 17.5 Å². The van der Waals surface area contributed by atoms with E-state index in [0.29, 0.717) is 35.1 Å². The predicted molar refractivity (Wildman–Crippen MR) is 213 cm³/mol. The van der Waals surface area contributed by atoms with Gasteiger partial charge in [-0.15, -0.1) is 11.3 Å². The number of hydrogen-bond acceptors (Lipinski definition) is 11. The molecule has 0 bridgehead atoms. The quantitative estimate of drug-likeness (QED) is 0.185. The summed E-state index contributed by atoms with van der Waals surface area (Å²) in [5.74, 6) is -0.613. The third kappa shape index (κ3) is 8.55. The minimum Gasteiger partial charge on any atom is -0.437 e. The van der Waals surface area contributed by atoms with E-state index < -0.39 is 34.5 Å². The lowest BCUT2D eigenvalue weighted by molar-refractivity contribution is -0.142. The summed E-state index contributed by atoms with van der Waals surface area (Å²) in [5.41, 5.74) is 4.96. The van der Waals surface area contributed by atoms with Gasteiger partial charge in [0.1, 0.15) is 27.8 Å². The van der Waals surface area contributed by atoms with Gasteiger partial charge in [0.2, 0.25) is 11.8 Å². The first-order valence-corrected chi connectivity index (χ1v) is 19.6. The van der Waals surface area contributed by atoms with Crippen LogP contribution < -0.4 is 20.9 Å². The molecule has 5 aromatic rings. The van der Waals surface area contributed by atoms with E-state index in [2.05, 4.69) is 9.97 Å². The Labute approximate surface area is 336 Å². The second-order valence-electron chi connectivity index (χ2n) is 15.0. The van der Waals surface area contributed by atoms with Crippen LogP contribution in [0.5, 0.6) is 11.6 Å². The Hall–Kier alpha value is -5.81. The molecule has 2 aromatic carbocycles. The number of anilines is 2. The topological polar surface area (TPSA) is 160 Å². The Morgan fingerprint density at radius 2 is 1.76 bits per heavy atom. The Morgan fingerprint density at radius 1 is 1.02 bits per heavy atom. The van der Waals surface area contributed by atoms with Crippen LogP contribution in [0.25, 0.3) is 10.6 Å². The lowest BCUT2D eigenvalue weighted by Crippen LogP contribution is -2.53. The van der Waals surface area contributed by atoms with Crippen LogP contribution in [0.1, 0.15) is 51.7 Å². The minimum absolute atomic E-state index is 0.0629. The van der Waals surface area contributed by atoms with Gasteiger partial charge in [-0.1, -0.05) is 36.4 Å². The van der Waals surface area contributed by atoms with Crippen LogP contribution in [0, 0.1) is 12.8 Å². The summed E-state index contributed by atoms with van der Waals surface area (Å²) in [5, 5.41) is 12.3. The molecule has 2 saturated heterocycles. The molecule has 2 aliphatic rings. The van der Waals surface area contributed by atoms with Gasteiger partial charge in [0.05, 0.1) is 23.4 Å². The number of aryl methyl sites for hydroxylation is 1. The fourth-order valence-corrected chi connectivity index (χ4v) is 8.52. The van der Waals surface area contributed by atoms with Crippen molar-refractivity contribution in [2.24, 2.45) is 5.92 Å². The molecule has 304 valence electrons. The highest BCUT2D eigenvalue weighted by Gasteiger charge is 2.42. The molecule has 7 rings (SSSR count). The number of likely N-dealkylation sites (tertiary alicyclic amines) is 2. The van der Waals surface area contributed by atoms with Gasteiger partial charge in [-0.25, -0.2) is 15.0 Å². The van der Waals surface area contributed by atoms with Crippen molar-refractivity contribution in [2.45, 2.75) is 50.4 Å². The van der Waals surface area contributed by atoms with Gasteiger partial charge in [-0.05, 0) is 62.1 Å². The lowest BCUT2D eigenvalue weighted by Gasteiger charge is -2.43. The van der Waals surface area contributed by atoms with Gasteiger partial charge in [-0.3, -0.25) is 19.0 Å². The number of hydrogen-bond donors (Lipinski definition) is 2. The highest BCUT2D eigenvalue weighted by atomic mass is 32.1. The van der Waals surface area contributed by atoms with Crippen molar-refractivity contribution in [1.29, 1.82) is 0 Å². The zero-order chi connectivity index (χ0) is 41.4. The monoisotopic (exact) mass is 816 g/mol. The first kappa shape index (κ1) is 40.4. The van der Waals surface area contributed by atoms with Crippen molar-refractivity contribution in [3.05, 3.63) is 111 Å². The van der Waals surface area contributed by atoms with Gasteiger partial charge >= 0.3 is 6.18 Å². The minimum atomic E-state index is -4.59. The third-order valence-electron chi connectivity index (χ3n) is 10.8. The molecule has 0 unspecified atom stereocenters. The van der Waals surface area contributed by atoms with Gasteiger partial charge in [0.15, 0.2) is 5.69 Å². The van der Waals surface area contributed by atoms with Crippen LogP contribution in [0.4, 0.5) is 24.7 Å². The molecule has 3 N–H and O–H groups in total. The fraction of sp³-hybridized carbons (Fsp3) is 0.366. The van der Waals surface area contributed by atoms with Crippen molar-refractivity contribution >= 4 is 34.7 Å². The molecule has 2 aliphatic heterocycles. The van der Waals surface area contributed by atoms with Crippen LogP contribution in [0.2, 0.25) is 0 Å². The third-order valence-corrected chi connectivity index (χ3v) is 12.0. The number of benzene rings is 2. The normalized spacial score (nSPS) is 18.2. The summed E-state index contributed by atoms with van der Waals surface area (Å²) >= 11 is 1.33. The second kappa shape index (κ2) is 16.2. The molecule has 3 aromatic heterocycles. The van der Waals surface area contributed by atoms with Crippen LogP contribution >= 0.6 is 11.3 Å². The molecule has 17 heteroatoms. The van der Waals surface area contributed by atoms with Gasteiger partial charge in [-0.2, -0.15) is 13.2 Å². The summed E-state index contributed by atoms with van der Waals surface area (Å²) in [6.07, 6.45) is -0.930. The first-order valence-electron chi connectivity index (χ1n) is 18.8. The van der Waals surface area contributed by atoms with E-state index in [4.69, 9.17) is 15.5 Å². The second-order valence-corrected chi connectivity index (χ2v) is 16.0. The Balaban J connectivity index is 1.01. The van der Waals surface area contributed by atoms with Crippen LogP contribution in [0.15, 0.2) is 84.0 Å². The predicted octanol–water partition coefficient (Wildman–Crippen LogP) is 5.83. The SMILES string of the molecule is Cc1nc(-c2ccc(N(C)C)nc2)sc1C(=O)N1CC[C@@H](C(=O)N2CCC(O)(Cn3cnc(Oc4cccc(C(F)(F)F)c4)c(N)c3=O)CC2)[C@H](c2ccccc2)C1. The Bertz CT molecular complexity index is 2340. The molecular formula is C41H43F3N8O5S. The maximum absolute atomic E-state index is 14.3. The number of amides is 2. The summed E-state index contributed by atoms with van der Waals surface area (Å²) in [6.45, 7) is 2.85. The molecule has 58 heavy (non-hydrogen) atoms. The molecular weight excluding hydrogens is 774 g/mol. The van der Waals surface area contributed by atoms with E-state index in [-0.39, 0.29) is 61.8 Å². The number of nitrogens with two attached hydrogens (primary N) is 1. The number of aromatic nitrogens is 4. The fourth-order valence-electron chi connectivity index (χ4n) is 7.49. The molecule has 0 spiro atoms. The average Bonchev–Trinajstić information content (AvgIpc) is 3.61. The number of thiazole rings is 1. The number of alkyl halides is 3. The van der Waals surface area contributed by atoms with Gasteiger partial charge < -0.3 is 30.3 Å². The zero-order valence-electron chi connectivity index (χ0n) is 32.1. The van der Waals surface area contributed by atoms with Crippen molar-refractivity contribution in [3.63, 3.8) is 0 Å². The summed E-state index contributed by atoms with van der Waals surface area (Å²) in [6, 6.07) is 17.7. The maximum Gasteiger partial charge on any atom is 0.416 e. The molecule has 2 fully saturated rings. The van der Waals surface area contributed by atoms with E-state index in [0.717, 1.165) is 40.0 Å². The molecule has 0 saturated carbocycles. The lowest BCUT2D eigenvalue weighted by atomic mass is 9.79. The zero-order valence-corrected chi connectivity index (χ0v) is 33.0. The van der Waals surface area contributed by atoms with Crippen molar-refractivity contribution < 1.29 is 32.6 Å². The first-order chi connectivity index (χ1) is 27.6. The van der Waals surface area contributed by atoms with Crippen molar-refractivity contribution in [3.8, 4) is 22.2 Å². The molecule has 5 heterocycles. The number of ether oxygens (including phenoxy) is 1. The molecule has 0 radical (unpaired) electrons. The van der Waals surface area contributed by atoms with Crippen molar-refractivity contribution in [2.75, 3.05) is 50.9 Å². The summed E-state index contributed by atoms with van der Waals surface area (Å²) in [4.78, 5) is 60.7. The van der Waals surface area contributed by atoms with E-state index in [9.17, 15) is 32.7 Å². The molecule has 2 atom stereocenters. The number of carbonyl (C=O) groups excluding carboxylic acids is 2. The number of carbonyl (C=O) groups is 2. The van der Waals surface area contributed by atoms with E-state index in [1.165, 1.54) is 23.5 Å². The van der Waals surface area contributed by atoms with E-state index in [1.807, 2.05) is 73.3 Å². The number of rotatable bonds is 9. The Kier molecular flexibility index (Phi) is 11.3. The van der Waals surface area contributed by atoms with Gasteiger partial charge in [0.25, 0.3) is 11.5 Å². The van der Waals surface area contributed by atoms with E-state index in [1.54, 1.807) is 11.1 Å². The number of piperidine rings is 2. The van der Waals surface area contributed by atoms with E-state index >= 15 is 0 Å². The molecule has 13 nitrogen and oxygen atoms in total. The van der Waals surface area contributed by atoms with Crippen molar-refractivity contribution in [1.82, 2.24) is 29.3 Å². The number of nitrogens with zero attached hydrogens (tertiary/aromatic N) is 7. The van der Waals surface area contributed by atoms with Crippen LogP contribution in [-0.4, -0.2) is 92.1 Å². The number of aliphatic hydroxyl groups is 1. The number of pyridine rings is 1.